The smallest absolute Gasteiger partial charge is 0.162 e. The lowest BCUT2D eigenvalue weighted by Crippen LogP contribution is -2.42. The predicted octanol–water partition coefficient (Wildman–Crippen LogP) is 8.92. The van der Waals surface area contributed by atoms with E-state index in [0.717, 1.165) is 28.0 Å². The van der Waals surface area contributed by atoms with Crippen molar-refractivity contribution in [2.45, 2.75) is 53.1 Å². The van der Waals surface area contributed by atoms with Crippen LogP contribution in [0.5, 0.6) is 5.75 Å². The Labute approximate surface area is 259 Å². The van der Waals surface area contributed by atoms with Crippen molar-refractivity contribution in [3.63, 3.8) is 0 Å². The largest absolute Gasteiger partial charge is 0.487 e. The summed E-state index contributed by atoms with van der Waals surface area (Å²) >= 11 is 18.9. The number of nitrogens with two attached hydrogens (primary N) is 1. The van der Waals surface area contributed by atoms with Crippen LogP contribution in [0.4, 0.5) is 10.1 Å². The van der Waals surface area contributed by atoms with E-state index in [9.17, 15) is 14.4 Å². The van der Waals surface area contributed by atoms with Crippen LogP contribution in [0.1, 0.15) is 54.9 Å². The van der Waals surface area contributed by atoms with Crippen molar-refractivity contribution in [2.75, 3.05) is 4.90 Å². The van der Waals surface area contributed by atoms with Gasteiger partial charge in [-0.05, 0) is 84.3 Å². The van der Waals surface area contributed by atoms with Crippen LogP contribution >= 0.6 is 34.8 Å². The van der Waals surface area contributed by atoms with Gasteiger partial charge in [0.25, 0.3) is 0 Å². The Morgan fingerprint density at radius 3 is 2.38 bits per heavy atom. The molecular weight excluding hydrogens is 596 g/mol. The Balaban J connectivity index is 1.67. The topological polar surface area (TPSA) is 79.4 Å². The highest BCUT2D eigenvalue weighted by Crippen LogP contribution is 2.51. The number of nitrogens with zero attached hydrogens (tertiary/aromatic N) is 2. The number of carbonyl (C=O) groups excluding carboxylic acids is 1. The van der Waals surface area contributed by atoms with Crippen LogP contribution in [-0.2, 0) is 11.4 Å². The maximum absolute atomic E-state index is 14.0. The highest BCUT2D eigenvalue weighted by molar-refractivity contribution is 6.35. The van der Waals surface area contributed by atoms with Crippen molar-refractivity contribution in [2.24, 2.45) is 11.1 Å². The lowest BCUT2D eigenvalue weighted by atomic mass is 9.68. The molecule has 3 aromatic carbocycles. The number of halogens is 4. The van der Waals surface area contributed by atoms with E-state index in [1.807, 2.05) is 39.8 Å². The lowest BCUT2D eigenvalue weighted by molar-refractivity contribution is -0.118. The first-order valence-electron chi connectivity index (χ1n) is 13.4. The molecule has 3 aromatic rings. The summed E-state index contributed by atoms with van der Waals surface area (Å²) in [6, 6.07) is 15.3. The zero-order valence-corrected chi connectivity index (χ0v) is 25.9. The van der Waals surface area contributed by atoms with Crippen molar-refractivity contribution in [3.8, 4) is 11.8 Å². The summed E-state index contributed by atoms with van der Waals surface area (Å²) in [7, 11) is 0. The number of rotatable bonds is 5. The van der Waals surface area contributed by atoms with E-state index in [0.29, 0.717) is 39.9 Å². The molecule has 2 aliphatic rings. The van der Waals surface area contributed by atoms with Gasteiger partial charge in [-0.3, -0.25) is 9.69 Å². The van der Waals surface area contributed by atoms with Crippen molar-refractivity contribution in [1.82, 2.24) is 0 Å². The Morgan fingerprint density at radius 1 is 1.05 bits per heavy atom. The third-order valence-electron chi connectivity index (χ3n) is 7.80. The number of hydrogen-bond acceptors (Lipinski definition) is 5. The van der Waals surface area contributed by atoms with Gasteiger partial charge >= 0.3 is 0 Å². The van der Waals surface area contributed by atoms with Crippen LogP contribution in [0.3, 0.4) is 0 Å². The molecule has 0 saturated heterocycles. The van der Waals surface area contributed by atoms with Gasteiger partial charge in [0, 0.05) is 27.7 Å². The summed E-state index contributed by atoms with van der Waals surface area (Å²) in [4.78, 5) is 15.7. The number of anilines is 1. The van der Waals surface area contributed by atoms with E-state index in [4.69, 9.17) is 45.3 Å². The lowest BCUT2D eigenvalue weighted by Gasteiger charge is -2.44. The normalized spacial score (nSPS) is 18.2. The standard InChI is InChI=1S/C33H29Cl3FN3O2/c1-17-7-18(2)24(8-19(17)16-42-29-6-5-22(37)12-26(29)36)30-25(15-38)32(39)40(23-10-20(34)9-21(35)11-23)27-13-33(3,4)14-28(41)31(27)30/h5-12,30H,13-14,16,39H2,1-4H3. The fraction of sp³-hybridized carbons (Fsp3) is 0.273. The fourth-order valence-electron chi connectivity index (χ4n) is 5.91. The van der Waals surface area contributed by atoms with Crippen LogP contribution in [0.2, 0.25) is 15.1 Å². The second-order valence-electron chi connectivity index (χ2n) is 11.6. The monoisotopic (exact) mass is 623 g/mol. The van der Waals surface area contributed by atoms with Crippen molar-refractivity contribution in [3.05, 3.63) is 114 Å². The minimum atomic E-state index is -0.673. The number of carbonyl (C=O) groups is 1. The first kappa shape index (κ1) is 30.0. The van der Waals surface area contributed by atoms with Gasteiger partial charge < -0.3 is 10.5 Å². The Hall–Kier alpha value is -3.50. The molecule has 1 aliphatic carbocycles. The number of benzene rings is 3. The first-order chi connectivity index (χ1) is 19.8. The summed E-state index contributed by atoms with van der Waals surface area (Å²) in [5, 5.41) is 11.5. The molecule has 0 radical (unpaired) electrons. The van der Waals surface area contributed by atoms with Gasteiger partial charge in [0.2, 0.25) is 0 Å². The van der Waals surface area contributed by atoms with Gasteiger partial charge in [0.05, 0.1) is 28.3 Å². The summed E-state index contributed by atoms with van der Waals surface area (Å²) in [6.07, 6.45) is 0.882. The minimum Gasteiger partial charge on any atom is -0.487 e. The molecule has 216 valence electrons. The number of Topliss-reactive ketones (excluding diaryl/α,β-unsaturated/α-hetero) is 1. The Bertz CT molecular complexity index is 1720. The molecule has 0 saturated carbocycles. The molecule has 9 heteroatoms. The van der Waals surface area contributed by atoms with E-state index in [1.165, 1.54) is 18.2 Å². The molecule has 5 rings (SSSR count). The molecule has 0 fully saturated rings. The molecule has 1 heterocycles. The van der Waals surface area contributed by atoms with Gasteiger partial charge in [-0.25, -0.2) is 4.39 Å². The van der Waals surface area contributed by atoms with Gasteiger partial charge in [-0.2, -0.15) is 5.26 Å². The molecule has 1 aliphatic heterocycles. The van der Waals surface area contributed by atoms with E-state index in [1.54, 1.807) is 23.1 Å². The van der Waals surface area contributed by atoms with Crippen molar-refractivity contribution in [1.29, 1.82) is 5.26 Å². The second kappa shape index (κ2) is 11.3. The van der Waals surface area contributed by atoms with E-state index >= 15 is 0 Å². The number of ether oxygens (including phenoxy) is 1. The summed E-state index contributed by atoms with van der Waals surface area (Å²) in [5.74, 6) is -0.593. The van der Waals surface area contributed by atoms with E-state index < -0.39 is 11.7 Å². The Kier molecular flexibility index (Phi) is 8.06. The third-order valence-corrected chi connectivity index (χ3v) is 8.53. The highest BCUT2D eigenvalue weighted by Gasteiger charge is 2.45. The maximum Gasteiger partial charge on any atom is 0.162 e. The third kappa shape index (κ3) is 5.62. The predicted molar refractivity (Wildman–Crippen MR) is 165 cm³/mol. The molecule has 0 spiro atoms. The fourth-order valence-corrected chi connectivity index (χ4v) is 6.65. The molecule has 0 amide bonds. The van der Waals surface area contributed by atoms with Crippen molar-refractivity contribution < 1.29 is 13.9 Å². The second-order valence-corrected chi connectivity index (χ2v) is 12.9. The quantitative estimate of drug-likeness (QED) is 0.307. The van der Waals surface area contributed by atoms with Crippen LogP contribution < -0.4 is 15.4 Å². The number of hydrogen-bond donors (Lipinski definition) is 1. The van der Waals surface area contributed by atoms with Crippen LogP contribution in [0.25, 0.3) is 0 Å². The summed E-state index contributed by atoms with van der Waals surface area (Å²) in [6.45, 7) is 8.15. The number of nitriles is 1. The molecule has 0 bridgehead atoms. The first-order valence-corrected chi connectivity index (χ1v) is 14.5. The van der Waals surface area contributed by atoms with Gasteiger partial charge in [0.15, 0.2) is 5.78 Å². The van der Waals surface area contributed by atoms with Crippen LogP contribution in [-0.4, -0.2) is 5.78 Å². The van der Waals surface area contributed by atoms with Crippen molar-refractivity contribution >= 4 is 46.3 Å². The molecule has 2 N–H and O–H groups in total. The molecule has 1 atom stereocenters. The number of aryl methyl sites for hydroxylation is 2. The SMILES string of the molecule is Cc1cc(C)c(C2C(C#N)=C(N)N(c3cc(Cl)cc(Cl)c3)C3=C2C(=O)CC(C)(C)C3)cc1COc1ccc(F)cc1Cl. The summed E-state index contributed by atoms with van der Waals surface area (Å²) in [5.41, 5.74) is 12.1. The number of ketones is 1. The molecule has 0 aromatic heterocycles. The zero-order chi connectivity index (χ0) is 30.5. The van der Waals surface area contributed by atoms with E-state index in [-0.39, 0.29) is 34.2 Å². The average Bonchev–Trinajstić information content (AvgIpc) is 2.87. The number of allylic oxidation sites excluding steroid dienone is 3. The molecule has 1 unspecified atom stereocenters. The van der Waals surface area contributed by atoms with E-state index in [2.05, 4.69) is 6.07 Å². The Morgan fingerprint density at radius 2 is 1.74 bits per heavy atom. The zero-order valence-electron chi connectivity index (χ0n) is 23.6. The van der Waals surface area contributed by atoms with Gasteiger partial charge in [0.1, 0.15) is 24.0 Å². The van der Waals surface area contributed by atoms with Gasteiger partial charge in [-0.1, -0.05) is 60.8 Å². The van der Waals surface area contributed by atoms with Crippen LogP contribution in [0, 0.1) is 36.4 Å². The maximum atomic E-state index is 14.0. The highest BCUT2D eigenvalue weighted by atomic mass is 35.5. The van der Waals surface area contributed by atoms with Crippen LogP contribution in [0.15, 0.2) is 71.2 Å². The molecule has 5 nitrogen and oxygen atoms in total. The average molecular weight is 625 g/mol. The molecule has 42 heavy (non-hydrogen) atoms. The summed E-state index contributed by atoms with van der Waals surface area (Å²) < 4.78 is 19.5. The minimum absolute atomic E-state index is 0.0412. The van der Waals surface area contributed by atoms with Gasteiger partial charge in [-0.15, -0.1) is 0 Å². The molecular formula is C33H29Cl3FN3O2.